The minimum absolute atomic E-state index is 0.703. The molecule has 0 unspecified atom stereocenters. The fourth-order valence-corrected chi connectivity index (χ4v) is 1.86. The Balaban J connectivity index is 2.64. The predicted octanol–water partition coefficient (Wildman–Crippen LogP) is 4.74. The lowest BCUT2D eigenvalue weighted by atomic mass is 10.0. The van der Waals surface area contributed by atoms with E-state index in [0.29, 0.717) is 5.02 Å². The lowest BCUT2D eigenvalue weighted by molar-refractivity contribution is 1.53. The van der Waals surface area contributed by atoms with Crippen LogP contribution in [0.4, 0.5) is 5.69 Å². The van der Waals surface area contributed by atoms with Gasteiger partial charge >= 0.3 is 0 Å². The van der Waals surface area contributed by atoms with Gasteiger partial charge in [0.25, 0.3) is 0 Å². The molecule has 0 saturated heterocycles. The van der Waals surface area contributed by atoms with Gasteiger partial charge in [0.15, 0.2) is 0 Å². The second-order valence-corrected chi connectivity index (χ2v) is 3.79. The number of isothiocyanates is 1. The number of halogens is 1. The molecule has 0 fully saturated rings. The molecule has 1 nitrogen and oxygen atoms in total. The van der Waals surface area contributed by atoms with Crippen molar-refractivity contribution in [2.75, 3.05) is 0 Å². The first-order chi connectivity index (χ1) is 7.83. The average Bonchev–Trinajstić information content (AvgIpc) is 2.31. The Morgan fingerprint density at radius 1 is 0.938 bits per heavy atom. The number of aliphatic imine (C=N–C) groups is 1. The Morgan fingerprint density at radius 3 is 2.25 bits per heavy atom. The Labute approximate surface area is 104 Å². The minimum Gasteiger partial charge on any atom is -0.194 e. The third kappa shape index (κ3) is 2.20. The van der Waals surface area contributed by atoms with Crippen LogP contribution in [0, 0.1) is 0 Å². The molecule has 78 valence electrons. The number of hydrogen-bond donors (Lipinski definition) is 0. The zero-order valence-corrected chi connectivity index (χ0v) is 9.92. The van der Waals surface area contributed by atoms with Gasteiger partial charge in [-0.2, -0.15) is 4.99 Å². The van der Waals surface area contributed by atoms with Gasteiger partial charge in [0.1, 0.15) is 0 Å². The molecule has 0 aliphatic rings. The molecule has 0 saturated carbocycles. The monoisotopic (exact) mass is 245 g/mol. The number of thiocarbonyl (C=S) groups is 1. The van der Waals surface area contributed by atoms with Crippen molar-refractivity contribution in [1.82, 2.24) is 0 Å². The van der Waals surface area contributed by atoms with Crippen LogP contribution < -0.4 is 0 Å². The zero-order chi connectivity index (χ0) is 11.4. The van der Waals surface area contributed by atoms with Crippen molar-refractivity contribution in [3.8, 4) is 11.1 Å². The summed E-state index contributed by atoms with van der Waals surface area (Å²) in [5.74, 6) is 0. The first kappa shape index (κ1) is 11.0. The van der Waals surface area contributed by atoms with E-state index in [1.807, 2.05) is 48.5 Å². The lowest BCUT2D eigenvalue weighted by Gasteiger charge is -2.06. The van der Waals surface area contributed by atoms with E-state index in [4.69, 9.17) is 11.6 Å². The highest BCUT2D eigenvalue weighted by atomic mass is 35.5. The molecule has 0 aromatic heterocycles. The summed E-state index contributed by atoms with van der Waals surface area (Å²) >= 11 is 10.8. The van der Waals surface area contributed by atoms with E-state index in [1.165, 1.54) is 0 Å². The molecule has 16 heavy (non-hydrogen) atoms. The molecule has 2 aromatic rings. The SMILES string of the molecule is S=C=Nc1ccccc1-c1ccccc1Cl. The maximum Gasteiger partial charge on any atom is 0.0818 e. The summed E-state index contributed by atoms with van der Waals surface area (Å²) in [5, 5.41) is 3.08. The Morgan fingerprint density at radius 2 is 1.56 bits per heavy atom. The first-order valence-electron chi connectivity index (χ1n) is 4.75. The highest BCUT2D eigenvalue weighted by Gasteiger charge is 2.06. The van der Waals surface area contributed by atoms with E-state index in [-0.39, 0.29) is 0 Å². The maximum atomic E-state index is 6.14. The summed E-state index contributed by atoms with van der Waals surface area (Å²) in [7, 11) is 0. The number of para-hydroxylation sites is 1. The highest BCUT2D eigenvalue weighted by molar-refractivity contribution is 7.78. The number of rotatable bonds is 2. The second kappa shape index (κ2) is 5.04. The molecule has 0 spiro atoms. The summed E-state index contributed by atoms with van der Waals surface area (Å²) in [6, 6.07) is 15.4. The van der Waals surface area contributed by atoms with Gasteiger partial charge in [-0.25, -0.2) is 0 Å². The molecule has 2 rings (SSSR count). The van der Waals surface area contributed by atoms with Crippen molar-refractivity contribution >= 4 is 34.7 Å². The van der Waals surface area contributed by atoms with Crippen molar-refractivity contribution in [2.24, 2.45) is 4.99 Å². The number of benzene rings is 2. The van der Waals surface area contributed by atoms with Crippen molar-refractivity contribution in [3.63, 3.8) is 0 Å². The van der Waals surface area contributed by atoms with Gasteiger partial charge in [-0.3, -0.25) is 0 Å². The average molecular weight is 246 g/mol. The van der Waals surface area contributed by atoms with E-state index in [0.717, 1.165) is 16.8 Å². The van der Waals surface area contributed by atoms with E-state index in [2.05, 4.69) is 22.4 Å². The van der Waals surface area contributed by atoms with Crippen LogP contribution in [0.5, 0.6) is 0 Å². The molecule has 0 atom stereocenters. The second-order valence-electron chi connectivity index (χ2n) is 3.20. The summed E-state index contributed by atoms with van der Waals surface area (Å²) in [6.45, 7) is 0. The third-order valence-electron chi connectivity index (χ3n) is 2.23. The third-order valence-corrected chi connectivity index (χ3v) is 2.66. The van der Waals surface area contributed by atoms with Gasteiger partial charge < -0.3 is 0 Å². The topological polar surface area (TPSA) is 12.4 Å². The quantitative estimate of drug-likeness (QED) is 0.550. The zero-order valence-electron chi connectivity index (χ0n) is 8.35. The van der Waals surface area contributed by atoms with Crippen LogP contribution in [0.1, 0.15) is 0 Å². The molecular formula is C13H8ClNS. The van der Waals surface area contributed by atoms with Crippen molar-refractivity contribution < 1.29 is 0 Å². The molecule has 2 aromatic carbocycles. The van der Waals surface area contributed by atoms with E-state index < -0.39 is 0 Å². The van der Waals surface area contributed by atoms with Crippen LogP contribution in [0.3, 0.4) is 0 Å². The van der Waals surface area contributed by atoms with Crippen LogP contribution in [-0.4, -0.2) is 5.16 Å². The minimum atomic E-state index is 0.703. The molecule has 3 heteroatoms. The van der Waals surface area contributed by atoms with Crippen LogP contribution in [-0.2, 0) is 0 Å². The Hall–Kier alpha value is -1.47. The van der Waals surface area contributed by atoms with E-state index >= 15 is 0 Å². The number of hydrogen-bond acceptors (Lipinski definition) is 2. The summed E-state index contributed by atoms with van der Waals surface area (Å²) in [4.78, 5) is 4.03. The fourth-order valence-electron chi connectivity index (χ4n) is 1.53. The van der Waals surface area contributed by atoms with Crippen molar-refractivity contribution in [2.45, 2.75) is 0 Å². The molecule has 0 N–H and O–H groups in total. The van der Waals surface area contributed by atoms with Crippen LogP contribution in [0.2, 0.25) is 5.02 Å². The van der Waals surface area contributed by atoms with Gasteiger partial charge in [-0.15, -0.1) is 0 Å². The summed E-state index contributed by atoms with van der Waals surface area (Å²) in [5.41, 5.74) is 2.70. The number of nitrogens with zero attached hydrogens (tertiary/aromatic N) is 1. The maximum absolute atomic E-state index is 6.14. The van der Waals surface area contributed by atoms with Crippen molar-refractivity contribution in [1.29, 1.82) is 0 Å². The molecule has 0 heterocycles. The smallest absolute Gasteiger partial charge is 0.0818 e. The van der Waals surface area contributed by atoms with Gasteiger partial charge in [0.05, 0.1) is 10.8 Å². The van der Waals surface area contributed by atoms with Gasteiger partial charge in [0.2, 0.25) is 0 Å². The molecule has 0 amide bonds. The van der Waals surface area contributed by atoms with Crippen molar-refractivity contribution in [3.05, 3.63) is 53.6 Å². The summed E-state index contributed by atoms with van der Waals surface area (Å²) < 4.78 is 0. The molecule has 0 aliphatic heterocycles. The van der Waals surface area contributed by atoms with Crippen LogP contribution >= 0.6 is 23.8 Å². The van der Waals surface area contributed by atoms with Gasteiger partial charge in [0, 0.05) is 16.1 Å². The molecule has 0 bridgehead atoms. The summed E-state index contributed by atoms with van der Waals surface area (Å²) in [6.07, 6.45) is 0. The van der Waals surface area contributed by atoms with Gasteiger partial charge in [-0.1, -0.05) is 48.0 Å². The predicted molar refractivity (Wildman–Crippen MR) is 71.6 cm³/mol. The highest BCUT2D eigenvalue weighted by Crippen LogP contribution is 2.34. The lowest BCUT2D eigenvalue weighted by Crippen LogP contribution is -1.79. The molecule has 0 aliphatic carbocycles. The molecule has 0 radical (unpaired) electrons. The Bertz CT molecular complexity index is 559. The van der Waals surface area contributed by atoms with Gasteiger partial charge in [-0.05, 0) is 24.4 Å². The Kier molecular flexibility index (Phi) is 3.47. The molecular weight excluding hydrogens is 238 g/mol. The normalized spacial score (nSPS) is 9.56. The first-order valence-corrected chi connectivity index (χ1v) is 5.53. The van der Waals surface area contributed by atoms with Crippen LogP contribution in [0.15, 0.2) is 53.5 Å². The van der Waals surface area contributed by atoms with E-state index in [1.54, 1.807) is 0 Å². The van der Waals surface area contributed by atoms with E-state index in [9.17, 15) is 0 Å². The largest absolute Gasteiger partial charge is 0.194 e. The standard InChI is InChI=1S/C13H8ClNS/c14-12-7-3-1-5-10(12)11-6-2-4-8-13(11)15-9-16/h1-8H. The van der Waals surface area contributed by atoms with Crippen LogP contribution in [0.25, 0.3) is 11.1 Å². The fraction of sp³-hybridized carbons (Fsp3) is 0.